The van der Waals surface area contributed by atoms with Gasteiger partial charge < -0.3 is 11.1 Å². The molecular weight excluding hydrogens is 286 g/mol. The fourth-order valence-corrected chi connectivity index (χ4v) is 3.27. The zero-order chi connectivity index (χ0) is 16.7. The molecule has 1 fully saturated rings. The fourth-order valence-electron chi connectivity index (χ4n) is 3.27. The second-order valence-corrected chi connectivity index (χ2v) is 6.83. The van der Waals surface area contributed by atoms with Crippen molar-refractivity contribution in [3.63, 3.8) is 0 Å². The van der Waals surface area contributed by atoms with Crippen molar-refractivity contribution in [2.45, 2.75) is 58.2 Å². The molecule has 0 spiro atoms. The summed E-state index contributed by atoms with van der Waals surface area (Å²) in [6.45, 7) is 3.77. The minimum absolute atomic E-state index is 0.0305. The number of hydrogen-bond acceptors (Lipinski definition) is 3. The Morgan fingerprint density at radius 2 is 1.91 bits per heavy atom. The van der Waals surface area contributed by atoms with Crippen LogP contribution in [0.4, 0.5) is 0 Å². The summed E-state index contributed by atoms with van der Waals surface area (Å²) < 4.78 is 0. The molecule has 1 amide bonds. The lowest BCUT2D eigenvalue weighted by molar-refractivity contribution is -0.124. The van der Waals surface area contributed by atoms with Gasteiger partial charge in [0.15, 0.2) is 0 Å². The molecule has 0 aliphatic heterocycles. The van der Waals surface area contributed by atoms with Crippen LogP contribution < -0.4 is 11.1 Å². The van der Waals surface area contributed by atoms with Crippen molar-refractivity contribution in [3.05, 3.63) is 35.4 Å². The Kier molecular flexibility index (Phi) is 7.06. The number of rotatable bonds is 7. The summed E-state index contributed by atoms with van der Waals surface area (Å²) in [6.07, 6.45) is 6.70. The lowest BCUT2D eigenvalue weighted by atomic mass is 9.94. The number of benzene rings is 1. The van der Waals surface area contributed by atoms with Gasteiger partial charge in [0.05, 0.1) is 0 Å². The first-order valence-electron chi connectivity index (χ1n) is 8.86. The summed E-state index contributed by atoms with van der Waals surface area (Å²) in [5.41, 5.74) is 8.06. The molecule has 1 aromatic carbocycles. The number of nitrogens with zero attached hydrogens (tertiary/aromatic N) is 1. The molecule has 1 saturated carbocycles. The van der Waals surface area contributed by atoms with E-state index >= 15 is 0 Å². The van der Waals surface area contributed by atoms with E-state index in [9.17, 15) is 4.79 Å². The van der Waals surface area contributed by atoms with Gasteiger partial charge in [-0.15, -0.1) is 0 Å². The maximum Gasteiger partial charge on any atom is 0.224 e. The molecule has 4 nitrogen and oxygen atoms in total. The van der Waals surface area contributed by atoms with Crippen LogP contribution in [0.15, 0.2) is 24.3 Å². The predicted octanol–water partition coefficient (Wildman–Crippen LogP) is 2.66. The standard InChI is InChI=1S/C19H31N3O/c1-15(12-20)19(23)21-13-16-8-6-7-9-17(16)14-22(2)18-10-4-3-5-11-18/h6-9,15,18H,3-5,10-14,20H2,1-2H3,(H,21,23). The van der Waals surface area contributed by atoms with Crippen LogP contribution in [-0.2, 0) is 17.9 Å². The zero-order valence-electron chi connectivity index (χ0n) is 14.6. The highest BCUT2D eigenvalue weighted by Crippen LogP contribution is 2.23. The first-order valence-corrected chi connectivity index (χ1v) is 8.86. The van der Waals surface area contributed by atoms with Crippen molar-refractivity contribution in [1.29, 1.82) is 0 Å². The molecule has 0 radical (unpaired) electrons. The van der Waals surface area contributed by atoms with Gasteiger partial charge >= 0.3 is 0 Å². The molecule has 1 aromatic rings. The average molecular weight is 317 g/mol. The number of carbonyl (C=O) groups excluding carboxylic acids is 1. The molecule has 128 valence electrons. The Labute approximate surface area is 140 Å². The van der Waals surface area contributed by atoms with Crippen molar-refractivity contribution in [1.82, 2.24) is 10.2 Å². The molecular formula is C19H31N3O. The molecule has 2 rings (SSSR count). The van der Waals surface area contributed by atoms with E-state index in [0.29, 0.717) is 19.1 Å². The lowest BCUT2D eigenvalue weighted by Crippen LogP contribution is -2.34. The van der Waals surface area contributed by atoms with Gasteiger partial charge in [-0.25, -0.2) is 0 Å². The van der Waals surface area contributed by atoms with E-state index in [1.165, 1.54) is 43.2 Å². The maximum atomic E-state index is 11.9. The topological polar surface area (TPSA) is 58.4 Å². The Morgan fingerprint density at radius 3 is 2.57 bits per heavy atom. The van der Waals surface area contributed by atoms with Gasteiger partial charge in [0.2, 0.25) is 5.91 Å². The highest BCUT2D eigenvalue weighted by atomic mass is 16.1. The molecule has 0 aromatic heterocycles. The van der Waals surface area contributed by atoms with E-state index in [-0.39, 0.29) is 11.8 Å². The molecule has 1 aliphatic rings. The quantitative estimate of drug-likeness (QED) is 0.813. The van der Waals surface area contributed by atoms with Crippen LogP contribution in [0.3, 0.4) is 0 Å². The molecule has 4 heteroatoms. The van der Waals surface area contributed by atoms with E-state index in [4.69, 9.17) is 5.73 Å². The molecule has 23 heavy (non-hydrogen) atoms. The van der Waals surface area contributed by atoms with Crippen molar-refractivity contribution in [2.24, 2.45) is 11.7 Å². The van der Waals surface area contributed by atoms with E-state index in [0.717, 1.165) is 6.54 Å². The third kappa shape index (κ3) is 5.33. The second kappa shape index (κ2) is 9.04. The third-order valence-electron chi connectivity index (χ3n) is 4.99. The predicted molar refractivity (Wildman–Crippen MR) is 94.8 cm³/mol. The van der Waals surface area contributed by atoms with E-state index in [1.54, 1.807) is 0 Å². The van der Waals surface area contributed by atoms with Crippen molar-refractivity contribution in [3.8, 4) is 0 Å². The highest BCUT2D eigenvalue weighted by Gasteiger charge is 2.19. The zero-order valence-corrected chi connectivity index (χ0v) is 14.6. The van der Waals surface area contributed by atoms with Crippen LogP contribution in [0.5, 0.6) is 0 Å². The molecule has 0 saturated heterocycles. The highest BCUT2D eigenvalue weighted by molar-refractivity contribution is 5.78. The minimum Gasteiger partial charge on any atom is -0.352 e. The first-order chi connectivity index (χ1) is 11.1. The minimum atomic E-state index is -0.132. The van der Waals surface area contributed by atoms with Gasteiger partial charge in [-0.1, -0.05) is 50.5 Å². The summed E-state index contributed by atoms with van der Waals surface area (Å²) in [5, 5.41) is 3.01. The van der Waals surface area contributed by atoms with Crippen LogP contribution >= 0.6 is 0 Å². The first kappa shape index (κ1) is 18.0. The smallest absolute Gasteiger partial charge is 0.224 e. The van der Waals surface area contributed by atoms with Gasteiger partial charge in [0.1, 0.15) is 0 Å². The molecule has 1 unspecified atom stereocenters. The van der Waals surface area contributed by atoms with E-state index < -0.39 is 0 Å². The van der Waals surface area contributed by atoms with Crippen LogP contribution in [0, 0.1) is 5.92 Å². The van der Waals surface area contributed by atoms with Crippen molar-refractivity contribution in [2.75, 3.05) is 13.6 Å². The Bertz CT molecular complexity index is 497. The number of carbonyl (C=O) groups is 1. The van der Waals surface area contributed by atoms with Gasteiger partial charge in [0, 0.05) is 31.6 Å². The molecule has 0 heterocycles. The summed E-state index contributed by atoms with van der Waals surface area (Å²) >= 11 is 0. The molecule has 1 atom stereocenters. The van der Waals surface area contributed by atoms with E-state index in [1.807, 2.05) is 13.0 Å². The van der Waals surface area contributed by atoms with Crippen LogP contribution in [0.2, 0.25) is 0 Å². The van der Waals surface area contributed by atoms with Crippen LogP contribution in [0.1, 0.15) is 50.2 Å². The van der Waals surface area contributed by atoms with Crippen molar-refractivity contribution >= 4 is 5.91 Å². The molecule has 0 bridgehead atoms. The van der Waals surface area contributed by atoms with Gasteiger partial charge in [0.25, 0.3) is 0 Å². The van der Waals surface area contributed by atoms with E-state index in [2.05, 4.69) is 35.5 Å². The number of nitrogens with one attached hydrogen (secondary N) is 1. The Balaban J connectivity index is 1.95. The number of hydrogen-bond donors (Lipinski definition) is 2. The number of nitrogens with two attached hydrogens (primary N) is 1. The van der Waals surface area contributed by atoms with Gasteiger partial charge in [-0.05, 0) is 31.0 Å². The fraction of sp³-hybridized carbons (Fsp3) is 0.632. The second-order valence-electron chi connectivity index (χ2n) is 6.83. The lowest BCUT2D eigenvalue weighted by Gasteiger charge is -2.31. The maximum absolute atomic E-state index is 11.9. The Hall–Kier alpha value is -1.39. The monoisotopic (exact) mass is 317 g/mol. The summed E-state index contributed by atoms with van der Waals surface area (Å²) in [4.78, 5) is 14.4. The largest absolute Gasteiger partial charge is 0.352 e. The van der Waals surface area contributed by atoms with Crippen LogP contribution in [-0.4, -0.2) is 30.4 Å². The molecule has 3 N–H and O–H groups in total. The number of amides is 1. The van der Waals surface area contributed by atoms with Gasteiger partial charge in [-0.3, -0.25) is 9.69 Å². The van der Waals surface area contributed by atoms with Crippen LogP contribution in [0.25, 0.3) is 0 Å². The summed E-state index contributed by atoms with van der Waals surface area (Å²) in [6, 6.07) is 9.10. The molecule has 1 aliphatic carbocycles. The Morgan fingerprint density at radius 1 is 1.26 bits per heavy atom. The summed E-state index contributed by atoms with van der Waals surface area (Å²) in [7, 11) is 2.22. The SMILES string of the molecule is CC(CN)C(=O)NCc1ccccc1CN(C)C1CCCCC1. The summed E-state index contributed by atoms with van der Waals surface area (Å²) in [5.74, 6) is -0.102. The normalized spacial score (nSPS) is 17.2. The van der Waals surface area contributed by atoms with Crippen molar-refractivity contribution < 1.29 is 4.79 Å². The average Bonchev–Trinajstić information content (AvgIpc) is 2.60. The third-order valence-corrected chi connectivity index (χ3v) is 4.99. The van der Waals surface area contributed by atoms with Gasteiger partial charge in [-0.2, -0.15) is 0 Å².